The van der Waals surface area contributed by atoms with E-state index in [0.29, 0.717) is 35.6 Å². The van der Waals surface area contributed by atoms with Crippen LogP contribution in [0.4, 0.5) is 21.5 Å². The van der Waals surface area contributed by atoms with E-state index >= 15 is 0 Å². The molecule has 1 atom stereocenters. The van der Waals surface area contributed by atoms with Crippen molar-refractivity contribution in [1.29, 1.82) is 0 Å². The number of nitrogens with zero attached hydrogens (tertiary/aromatic N) is 1. The fourth-order valence-corrected chi connectivity index (χ4v) is 3.61. The molecule has 2 aromatic carbocycles. The summed E-state index contributed by atoms with van der Waals surface area (Å²) in [6, 6.07) is 11.1. The van der Waals surface area contributed by atoms with E-state index in [-0.39, 0.29) is 24.1 Å². The molecular formula is C20H18FN3O3. The predicted molar refractivity (Wildman–Crippen MR) is 99.0 cm³/mol. The van der Waals surface area contributed by atoms with Gasteiger partial charge in [0.25, 0.3) is 0 Å². The molecule has 138 valence electrons. The number of rotatable bonds is 3. The fourth-order valence-electron chi connectivity index (χ4n) is 3.61. The standard InChI is InChI=1S/C20H18FN3O3/c21-12-7-8-13-14(11-18(25)22-16(13)10-12)20(27)23-15-4-1-2-5-17(15)24-9-3-6-19(24)26/h1-2,4-5,7-8,10,14H,3,6,9,11H2,(H,22,25)(H,23,27). The highest BCUT2D eigenvalue weighted by atomic mass is 19.1. The monoisotopic (exact) mass is 367 g/mol. The first-order valence-corrected chi connectivity index (χ1v) is 8.82. The third-order valence-corrected chi connectivity index (χ3v) is 4.90. The summed E-state index contributed by atoms with van der Waals surface area (Å²) in [6.07, 6.45) is 1.25. The number of fused-ring (bicyclic) bond motifs is 1. The van der Waals surface area contributed by atoms with Crippen LogP contribution < -0.4 is 15.5 Å². The van der Waals surface area contributed by atoms with E-state index in [1.165, 1.54) is 18.2 Å². The second-order valence-corrected chi connectivity index (χ2v) is 6.69. The van der Waals surface area contributed by atoms with Crippen LogP contribution in [0.2, 0.25) is 0 Å². The van der Waals surface area contributed by atoms with Crippen molar-refractivity contribution >= 4 is 34.8 Å². The summed E-state index contributed by atoms with van der Waals surface area (Å²) >= 11 is 0. The molecule has 0 aliphatic carbocycles. The van der Waals surface area contributed by atoms with Gasteiger partial charge < -0.3 is 15.5 Å². The average molecular weight is 367 g/mol. The number of para-hydroxylation sites is 2. The second kappa shape index (κ2) is 6.83. The zero-order valence-corrected chi connectivity index (χ0v) is 14.5. The molecule has 1 unspecified atom stereocenters. The SMILES string of the molecule is O=C1CC(C(=O)Nc2ccccc2N2CCCC2=O)c2ccc(F)cc2N1. The molecule has 2 aliphatic heterocycles. The molecule has 0 radical (unpaired) electrons. The van der Waals surface area contributed by atoms with Crippen molar-refractivity contribution in [3.05, 3.63) is 53.8 Å². The van der Waals surface area contributed by atoms with Gasteiger partial charge in [-0.25, -0.2) is 4.39 Å². The first-order chi connectivity index (χ1) is 13.0. The first kappa shape index (κ1) is 17.2. The summed E-state index contributed by atoms with van der Waals surface area (Å²) in [5.41, 5.74) is 2.05. The molecule has 4 rings (SSSR count). The third-order valence-electron chi connectivity index (χ3n) is 4.90. The normalized spacial score (nSPS) is 18.9. The number of hydrogen-bond acceptors (Lipinski definition) is 3. The molecule has 7 heteroatoms. The van der Waals surface area contributed by atoms with E-state index < -0.39 is 11.7 Å². The highest BCUT2D eigenvalue weighted by Gasteiger charge is 2.32. The van der Waals surface area contributed by atoms with Gasteiger partial charge in [0.05, 0.1) is 17.3 Å². The lowest BCUT2D eigenvalue weighted by Crippen LogP contribution is -2.32. The van der Waals surface area contributed by atoms with Crippen LogP contribution in [0.3, 0.4) is 0 Å². The third kappa shape index (κ3) is 3.28. The fraction of sp³-hybridized carbons (Fsp3) is 0.250. The first-order valence-electron chi connectivity index (χ1n) is 8.82. The van der Waals surface area contributed by atoms with Crippen molar-refractivity contribution in [3.8, 4) is 0 Å². The molecule has 1 saturated heterocycles. The van der Waals surface area contributed by atoms with Gasteiger partial charge in [0, 0.05) is 25.1 Å². The Morgan fingerprint density at radius 1 is 1.19 bits per heavy atom. The molecule has 6 nitrogen and oxygen atoms in total. The van der Waals surface area contributed by atoms with Gasteiger partial charge in [-0.15, -0.1) is 0 Å². The van der Waals surface area contributed by atoms with Crippen LogP contribution in [0.1, 0.15) is 30.7 Å². The molecule has 27 heavy (non-hydrogen) atoms. The van der Waals surface area contributed by atoms with Gasteiger partial charge in [0.2, 0.25) is 17.7 Å². The van der Waals surface area contributed by atoms with Gasteiger partial charge >= 0.3 is 0 Å². The van der Waals surface area contributed by atoms with Crippen molar-refractivity contribution in [3.63, 3.8) is 0 Å². The smallest absolute Gasteiger partial charge is 0.232 e. The Morgan fingerprint density at radius 2 is 2.00 bits per heavy atom. The highest BCUT2D eigenvalue weighted by molar-refractivity contribution is 6.07. The molecule has 0 saturated carbocycles. The topological polar surface area (TPSA) is 78.5 Å². The zero-order valence-electron chi connectivity index (χ0n) is 14.5. The van der Waals surface area contributed by atoms with Crippen LogP contribution in [0.25, 0.3) is 0 Å². The lowest BCUT2D eigenvalue weighted by atomic mass is 9.89. The van der Waals surface area contributed by atoms with Crippen LogP contribution in [0.15, 0.2) is 42.5 Å². The quantitative estimate of drug-likeness (QED) is 0.875. The van der Waals surface area contributed by atoms with E-state index in [2.05, 4.69) is 10.6 Å². The Bertz CT molecular complexity index is 944. The van der Waals surface area contributed by atoms with Gasteiger partial charge in [-0.3, -0.25) is 14.4 Å². The number of nitrogens with one attached hydrogen (secondary N) is 2. The Balaban J connectivity index is 1.62. The molecule has 2 N–H and O–H groups in total. The molecular weight excluding hydrogens is 349 g/mol. The maximum Gasteiger partial charge on any atom is 0.232 e. The number of benzene rings is 2. The van der Waals surface area contributed by atoms with E-state index in [0.717, 1.165) is 6.42 Å². The van der Waals surface area contributed by atoms with Crippen molar-refractivity contribution < 1.29 is 18.8 Å². The van der Waals surface area contributed by atoms with Gasteiger partial charge in [-0.1, -0.05) is 18.2 Å². The Labute approximate surface area is 155 Å². The number of carbonyl (C=O) groups excluding carboxylic acids is 3. The summed E-state index contributed by atoms with van der Waals surface area (Å²) in [4.78, 5) is 38.6. The minimum absolute atomic E-state index is 0.0186. The number of anilines is 3. The lowest BCUT2D eigenvalue weighted by Gasteiger charge is -2.26. The van der Waals surface area contributed by atoms with Gasteiger partial charge in [-0.2, -0.15) is 0 Å². The highest BCUT2D eigenvalue weighted by Crippen LogP contribution is 2.35. The lowest BCUT2D eigenvalue weighted by molar-refractivity contribution is -0.123. The number of hydrogen-bond donors (Lipinski definition) is 2. The predicted octanol–water partition coefficient (Wildman–Crippen LogP) is 3.02. The van der Waals surface area contributed by atoms with Crippen LogP contribution in [-0.4, -0.2) is 24.3 Å². The molecule has 0 bridgehead atoms. The molecule has 0 aromatic heterocycles. The van der Waals surface area contributed by atoms with Crippen molar-refractivity contribution in [2.75, 3.05) is 22.1 Å². The average Bonchev–Trinajstić information content (AvgIpc) is 3.07. The van der Waals surface area contributed by atoms with Crippen molar-refractivity contribution in [1.82, 2.24) is 0 Å². The number of carbonyl (C=O) groups is 3. The molecule has 0 spiro atoms. The van der Waals surface area contributed by atoms with E-state index in [1.807, 2.05) is 6.07 Å². The van der Waals surface area contributed by atoms with Crippen LogP contribution in [-0.2, 0) is 14.4 Å². The van der Waals surface area contributed by atoms with E-state index in [1.54, 1.807) is 23.1 Å². The molecule has 1 fully saturated rings. The molecule has 2 heterocycles. The molecule has 2 aromatic rings. The number of halogens is 1. The van der Waals surface area contributed by atoms with Crippen molar-refractivity contribution in [2.45, 2.75) is 25.2 Å². The maximum atomic E-state index is 13.5. The summed E-state index contributed by atoms with van der Waals surface area (Å²) in [6.45, 7) is 0.611. The van der Waals surface area contributed by atoms with Crippen LogP contribution >= 0.6 is 0 Å². The Kier molecular flexibility index (Phi) is 4.35. The van der Waals surface area contributed by atoms with E-state index in [4.69, 9.17) is 0 Å². The Hall–Kier alpha value is -3.22. The van der Waals surface area contributed by atoms with Crippen LogP contribution in [0.5, 0.6) is 0 Å². The summed E-state index contributed by atoms with van der Waals surface area (Å²) in [7, 11) is 0. The van der Waals surface area contributed by atoms with E-state index in [9.17, 15) is 18.8 Å². The minimum Gasteiger partial charge on any atom is -0.326 e. The molecule has 2 aliphatic rings. The summed E-state index contributed by atoms with van der Waals surface area (Å²) in [5.74, 6) is -1.88. The summed E-state index contributed by atoms with van der Waals surface area (Å²) in [5, 5.41) is 5.45. The molecule has 3 amide bonds. The van der Waals surface area contributed by atoms with Gasteiger partial charge in [0.1, 0.15) is 5.82 Å². The number of amides is 3. The summed E-state index contributed by atoms with van der Waals surface area (Å²) < 4.78 is 13.5. The largest absolute Gasteiger partial charge is 0.326 e. The zero-order chi connectivity index (χ0) is 19.0. The second-order valence-electron chi connectivity index (χ2n) is 6.69. The van der Waals surface area contributed by atoms with Gasteiger partial charge in [-0.05, 0) is 36.2 Å². The van der Waals surface area contributed by atoms with Gasteiger partial charge in [0.15, 0.2) is 0 Å². The Morgan fingerprint density at radius 3 is 2.78 bits per heavy atom. The minimum atomic E-state index is -0.725. The maximum absolute atomic E-state index is 13.5. The van der Waals surface area contributed by atoms with Crippen molar-refractivity contribution in [2.24, 2.45) is 0 Å². The van der Waals surface area contributed by atoms with Crippen LogP contribution in [0, 0.1) is 5.82 Å².